The maximum absolute atomic E-state index is 12.3. The van der Waals surface area contributed by atoms with Crippen molar-refractivity contribution in [2.75, 3.05) is 39.3 Å². The molecule has 2 aliphatic heterocycles. The van der Waals surface area contributed by atoms with Gasteiger partial charge in [0.15, 0.2) is 0 Å². The van der Waals surface area contributed by atoms with Crippen molar-refractivity contribution in [3.63, 3.8) is 0 Å². The van der Waals surface area contributed by atoms with Gasteiger partial charge in [-0.25, -0.2) is 4.98 Å². The molecule has 32 heavy (non-hydrogen) atoms. The highest BCUT2D eigenvalue weighted by Gasteiger charge is 2.26. The van der Waals surface area contributed by atoms with Gasteiger partial charge in [-0.15, -0.1) is 24.8 Å². The molecule has 2 aliphatic rings. The Hall–Kier alpha value is -2.33. The number of aromatic nitrogens is 2. The summed E-state index contributed by atoms with van der Waals surface area (Å²) in [5.41, 5.74) is 3.13. The largest absolute Gasteiger partial charge is 0.494 e. The minimum absolute atomic E-state index is 0. The smallest absolute Gasteiger partial charge is 0.240 e. The Morgan fingerprint density at radius 1 is 1.03 bits per heavy atom. The molecule has 1 unspecified atom stereocenters. The van der Waals surface area contributed by atoms with Gasteiger partial charge in [0.05, 0.1) is 31.2 Å². The number of fused-ring (bicyclic) bond motifs is 3. The van der Waals surface area contributed by atoms with Crippen LogP contribution in [0, 0.1) is 0 Å². The Bertz CT molecular complexity index is 907. The van der Waals surface area contributed by atoms with E-state index in [2.05, 4.69) is 32.3 Å². The van der Waals surface area contributed by atoms with Crippen molar-refractivity contribution in [2.24, 2.45) is 0 Å². The fraction of sp³-hybridized carbons (Fsp3) is 0.476. The minimum atomic E-state index is -0.0682. The highest BCUT2D eigenvalue weighted by molar-refractivity contribution is 5.85. The number of hydrogen-bond donors (Lipinski definition) is 4. The third-order valence-electron chi connectivity index (χ3n) is 5.29. The topological polar surface area (TPSA) is 109 Å². The molecular formula is C21H30Cl2N6O3. The number of imidazole rings is 1. The van der Waals surface area contributed by atoms with E-state index < -0.39 is 0 Å². The maximum Gasteiger partial charge on any atom is 0.240 e. The number of rotatable bonds is 0. The quantitative estimate of drug-likeness (QED) is 0.435. The van der Waals surface area contributed by atoms with Crippen LogP contribution in [0.25, 0.3) is 0 Å². The van der Waals surface area contributed by atoms with Crippen LogP contribution in [0.1, 0.15) is 29.4 Å². The molecule has 1 atom stereocenters. The molecule has 11 heteroatoms. The van der Waals surface area contributed by atoms with Crippen LogP contribution in [-0.4, -0.2) is 60.7 Å². The molecule has 0 spiro atoms. The summed E-state index contributed by atoms with van der Waals surface area (Å²) in [7, 11) is 0. The molecule has 1 aromatic heterocycles. The summed E-state index contributed by atoms with van der Waals surface area (Å²) in [6.07, 6.45) is 3.30. The lowest BCUT2D eigenvalue weighted by molar-refractivity contribution is -0.121. The molecule has 176 valence electrons. The second kappa shape index (κ2) is 12.6. The van der Waals surface area contributed by atoms with Crippen molar-refractivity contribution in [1.82, 2.24) is 30.8 Å². The first-order chi connectivity index (χ1) is 14.7. The first-order valence-corrected chi connectivity index (χ1v) is 10.4. The summed E-state index contributed by atoms with van der Waals surface area (Å²) >= 11 is 0. The first kappa shape index (κ1) is 25.9. The fourth-order valence-electron chi connectivity index (χ4n) is 3.82. The highest BCUT2D eigenvalue weighted by atomic mass is 35.5. The predicted molar refractivity (Wildman–Crippen MR) is 126 cm³/mol. The van der Waals surface area contributed by atoms with Crippen LogP contribution in [0.5, 0.6) is 5.75 Å². The summed E-state index contributed by atoms with van der Waals surface area (Å²) in [5.74, 6) is 0.660. The van der Waals surface area contributed by atoms with Gasteiger partial charge in [-0.05, 0) is 24.1 Å². The number of amides is 2. The number of carbonyl (C=O) groups excluding carboxylic acids is 2. The first-order valence-electron chi connectivity index (χ1n) is 10.4. The van der Waals surface area contributed by atoms with Crippen molar-refractivity contribution >= 4 is 36.6 Å². The number of nitrogens with zero attached hydrogens (tertiary/aromatic N) is 2. The summed E-state index contributed by atoms with van der Waals surface area (Å²) in [5, 5.41) is 12.3. The zero-order valence-corrected chi connectivity index (χ0v) is 19.4. The number of benzene rings is 1. The van der Waals surface area contributed by atoms with E-state index in [0.29, 0.717) is 26.2 Å². The van der Waals surface area contributed by atoms with Gasteiger partial charge in [0.25, 0.3) is 0 Å². The van der Waals surface area contributed by atoms with Gasteiger partial charge in [-0.3, -0.25) is 9.59 Å². The number of hydrogen-bond acceptors (Lipinski definition) is 6. The SMILES string of the molecule is Cl.Cl.O=C1CNCCNC(=O)Cn2cnc3c2CCNC3c2cccc(c2)OCCCN1. The zero-order chi connectivity index (χ0) is 20.8. The fourth-order valence-corrected chi connectivity index (χ4v) is 3.82. The Morgan fingerprint density at radius 2 is 1.88 bits per heavy atom. The standard InChI is InChI=1S/C21H28N6O3.2ClH/c28-18-12-22-8-9-24-19(29)13-27-14-26-21-17(27)5-7-25-20(21)15-3-1-4-16(11-15)30-10-2-6-23-18;;/h1,3-4,11,14,20,22,25H,2,5-10,12-13H2,(H,23,28)(H,24,29);2*1H. The zero-order valence-electron chi connectivity index (χ0n) is 17.8. The van der Waals surface area contributed by atoms with Crippen molar-refractivity contribution in [2.45, 2.75) is 25.4 Å². The highest BCUT2D eigenvalue weighted by Crippen LogP contribution is 2.29. The van der Waals surface area contributed by atoms with Gasteiger partial charge in [-0.1, -0.05) is 12.1 Å². The summed E-state index contributed by atoms with van der Waals surface area (Å²) in [6.45, 7) is 3.36. The molecular weight excluding hydrogens is 455 g/mol. The van der Waals surface area contributed by atoms with E-state index in [4.69, 9.17) is 4.74 Å². The van der Waals surface area contributed by atoms with Crippen molar-refractivity contribution in [3.05, 3.63) is 47.5 Å². The van der Waals surface area contributed by atoms with E-state index in [9.17, 15) is 9.59 Å². The Labute approximate surface area is 199 Å². The summed E-state index contributed by atoms with van der Waals surface area (Å²) in [4.78, 5) is 28.8. The van der Waals surface area contributed by atoms with E-state index in [-0.39, 0.29) is 55.8 Å². The molecule has 9 nitrogen and oxygen atoms in total. The molecule has 4 N–H and O–H groups in total. The van der Waals surface area contributed by atoms with E-state index in [1.54, 1.807) is 6.33 Å². The van der Waals surface area contributed by atoms with Gasteiger partial charge < -0.3 is 30.6 Å². The molecule has 2 aromatic rings. The van der Waals surface area contributed by atoms with Crippen molar-refractivity contribution in [1.29, 1.82) is 0 Å². The molecule has 2 amide bonds. The lowest BCUT2D eigenvalue weighted by atomic mass is 9.97. The Morgan fingerprint density at radius 3 is 2.75 bits per heavy atom. The molecule has 0 saturated heterocycles. The number of ether oxygens (including phenoxy) is 1. The van der Waals surface area contributed by atoms with Gasteiger partial charge in [0, 0.05) is 38.3 Å². The molecule has 1 aromatic carbocycles. The monoisotopic (exact) mass is 484 g/mol. The minimum Gasteiger partial charge on any atom is -0.494 e. The molecule has 3 heterocycles. The van der Waals surface area contributed by atoms with E-state index in [1.165, 1.54) is 0 Å². The molecule has 0 fully saturated rings. The summed E-state index contributed by atoms with van der Waals surface area (Å²) in [6, 6.07) is 7.97. The average molecular weight is 485 g/mol. The van der Waals surface area contributed by atoms with Crippen LogP contribution in [0.4, 0.5) is 0 Å². The van der Waals surface area contributed by atoms with Gasteiger partial charge in [0.1, 0.15) is 12.3 Å². The van der Waals surface area contributed by atoms with Crippen LogP contribution < -0.4 is 26.0 Å². The van der Waals surface area contributed by atoms with E-state index in [1.807, 2.05) is 22.8 Å². The number of halogens is 2. The van der Waals surface area contributed by atoms with Crippen molar-refractivity contribution < 1.29 is 14.3 Å². The maximum atomic E-state index is 12.3. The molecule has 6 bridgehead atoms. The van der Waals surface area contributed by atoms with Crippen LogP contribution >= 0.6 is 24.8 Å². The number of carbonyl (C=O) groups is 2. The van der Waals surface area contributed by atoms with Crippen LogP contribution in [0.2, 0.25) is 0 Å². The molecule has 0 saturated carbocycles. The lowest BCUT2D eigenvalue weighted by Crippen LogP contribution is -2.39. The van der Waals surface area contributed by atoms with Gasteiger partial charge in [0.2, 0.25) is 11.8 Å². The third kappa shape index (κ3) is 6.59. The van der Waals surface area contributed by atoms with Crippen molar-refractivity contribution in [3.8, 4) is 5.75 Å². The number of nitrogens with one attached hydrogen (secondary N) is 4. The van der Waals surface area contributed by atoms with E-state index >= 15 is 0 Å². The van der Waals surface area contributed by atoms with Gasteiger partial charge in [-0.2, -0.15) is 0 Å². The normalized spacial score (nSPS) is 19.8. The van der Waals surface area contributed by atoms with Crippen LogP contribution in [0.15, 0.2) is 30.6 Å². The molecule has 0 radical (unpaired) electrons. The van der Waals surface area contributed by atoms with Crippen LogP contribution in [-0.2, 0) is 22.6 Å². The predicted octanol–water partition coefficient (Wildman–Crippen LogP) is 0.566. The third-order valence-corrected chi connectivity index (χ3v) is 5.29. The Kier molecular flexibility index (Phi) is 10.2. The van der Waals surface area contributed by atoms with Crippen LogP contribution in [0.3, 0.4) is 0 Å². The second-order valence-corrected chi connectivity index (χ2v) is 7.49. The molecule has 4 rings (SSSR count). The Balaban J connectivity index is 0.00000181. The summed E-state index contributed by atoms with van der Waals surface area (Å²) < 4.78 is 7.81. The van der Waals surface area contributed by atoms with Gasteiger partial charge >= 0.3 is 0 Å². The average Bonchev–Trinajstić information content (AvgIpc) is 3.15. The lowest BCUT2D eigenvalue weighted by Gasteiger charge is -2.25. The molecule has 0 aliphatic carbocycles. The van der Waals surface area contributed by atoms with E-state index in [0.717, 1.165) is 42.1 Å². The second-order valence-electron chi connectivity index (χ2n) is 7.49.